The Balaban J connectivity index is 1.73. The Bertz CT molecular complexity index is 772. The lowest BCUT2D eigenvalue weighted by Crippen LogP contribution is -2.58. The molecule has 2 fully saturated rings. The van der Waals surface area contributed by atoms with E-state index < -0.39 is 17.8 Å². The van der Waals surface area contributed by atoms with Crippen molar-refractivity contribution in [3.8, 4) is 6.07 Å². The first-order valence-corrected chi connectivity index (χ1v) is 9.72. The van der Waals surface area contributed by atoms with Crippen molar-refractivity contribution < 1.29 is 9.18 Å². The molecule has 7 nitrogen and oxygen atoms in total. The van der Waals surface area contributed by atoms with Crippen LogP contribution in [-0.4, -0.2) is 56.4 Å². The number of hydrogen-bond acceptors (Lipinski definition) is 5. The number of carbonyl (C=O) groups excluding carboxylic acids is 1. The molecule has 1 amide bonds. The number of likely N-dealkylation sites (tertiary alicyclic amines) is 1. The second-order valence-corrected chi connectivity index (χ2v) is 8.83. The van der Waals surface area contributed by atoms with Crippen LogP contribution in [-0.2, 0) is 11.3 Å². The number of aromatic nitrogens is 3. The van der Waals surface area contributed by atoms with Crippen LogP contribution in [0.3, 0.4) is 0 Å². The standard InChI is InChI=1S/C20H29FN6O/c1-5-20(24-10-17(28)27-11-15(21)8-16(27)9-22)7-6-19(4,18(20,2)3)12-26-14-23-13-25-26/h5,13-16,24H,1,6-8,10-12H2,2-4H3/t15-,16-,19+,20+/m0/s1. The van der Waals surface area contributed by atoms with Gasteiger partial charge in [-0.25, -0.2) is 9.37 Å². The zero-order valence-electron chi connectivity index (χ0n) is 16.9. The number of nitrogens with one attached hydrogen (secondary N) is 1. The van der Waals surface area contributed by atoms with E-state index in [9.17, 15) is 14.4 Å². The molecule has 28 heavy (non-hydrogen) atoms. The molecular weight excluding hydrogens is 359 g/mol. The number of alkyl halides is 1. The van der Waals surface area contributed by atoms with E-state index in [2.05, 4.69) is 42.7 Å². The van der Waals surface area contributed by atoms with Gasteiger partial charge in [-0.1, -0.05) is 26.8 Å². The van der Waals surface area contributed by atoms with Gasteiger partial charge in [0.15, 0.2) is 0 Å². The topological polar surface area (TPSA) is 86.8 Å². The van der Waals surface area contributed by atoms with E-state index in [0.717, 1.165) is 19.4 Å². The monoisotopic (exact) mass is 388 g/mol. The van der Waals surface area contributed by atoms with E-state index in [-0.39, 0.29) is 36.2 Å². The molecule has 2 heterocycles. The zero-order valence-corrected chi connectivity index (χ0v) is 16.9. The Morgan fingerprint density at radius 2 is 2.21 bits per heavy atom. The minimum Gasteiger partial charge on any atom is -0.323 e. The van der Waals surface area contributed by atoms with Gasteiger partial charge in [0, 0.05) is 18.5 Å². The number of nitrogens with zero attached hydrogens (tertiary/aromatic N) is 5. The molecule has 4 atom stereocenters. The highest BCUT2D eigenvalue weighted by atomic mass is 19.1. The maximum Gasteiger partial charge on any atom is 0.237 e. The summed E-state index contributed by atoms with van der Waals surface area (Å²) in [6.45, 7) is 11.4. The van der Waals surface area contributed by atoms with Crippen LogP contribution in [0.15, 0.2) is 25.3 Å². The maximum atomic E-state index is 13.7. The Kier molecular flexibility index (Phi) is 5.32. The summed E-state index contributed by atoms with van der Waals surface area (Å²) < 4.78 is 15.5. The molecular formula is C20H29FN6O. The summed E-state index contributed by atoms with van der Waals surface area (Å²) in [6.07, 6.45) is 5.88. The number of rotatable bonds is 6. The van der Waals surface area contributed by atoms with Gasteiger partial charge in [0.25, 0.3) is 0 Å². The molecule has 1 aromatic heterocycles. The summed E-state index contributed by atoms with van der Waals surface area (Å²) in [5.74, 6) is -0.242. The molecule has 1 N–H and O–H groups in total. The summed E-state index contributed by atoms with van der Waals surface area (Å²) in [7, 11) is 0. The molecule has 0 radical (unpaired) electrons. The lowest BCUT2D eigenvalue weighted by molar-refractivity contribution is -0.131. The molecule has 1 saturated carbocycles. The number of halogens is 1. The molecule has 0 bridgehead atoms. The molecule has 1 aliphatic heterocycles. The van der Waals surface area contributed by atoms with Gasteiger partial charge in [-0.3, -0.25) is 14.8 Å². The third-order valence-electron chi connectivity index (χ3n) is 7.30. The number of hydrogen-bond donors (Lipinski definition) is 1. The quantitative estimate of drug-likeness (QED) is 0.754. The lowest BCUT2D eigenvalue weighted by Gasteiger charge is -2.48. The summed E-state index contributed by atoms with van der Waals surface area (Å²) >= 11 is 0. The van der Waals surface area contributed by atoms with Gasteiger partial charge < -0.3 is 4.90 Å². The summed E-state index contributed by atoms with van der Waals surface area (Å²) in [4.78, 5) is 18.1. The fourth-order valence-electron chi connectivity index (χ4n) is 4.84. The minimum atomic E-state index is -1.13. The second kappa shape index (κ2) is 7.28. The van der Waals surface area contributed by atoms with Crippen molar-refractivity contribution in [2.75, 3.05) is 13.1 Å². The van der Waals surface area contributed by atoms with E-state index in [1.165, 1.54) is 11.2 Å². The van der Waals surface area contributed by atoms with E-state index in [1.54, 1.807) is 6.33 Å². The number of nitriles is 1. The molecule has 0 spiro atoms. The molecule has 0 aromatic carbocycles. The van der Waals surface area contributed by atoms with Crippen LogP contribution >= 0.6 is 0 Å². The van der Waals surface area contributed by atoms with Gasteiger partial charge in [0.2, 0.25) is 5.91 Å². The molecule has 3 rings (SSSR count). The summed E-state index contributed by atoms with van der Waals surface area (Å²) in [5, 5.41) is 16.9. The van der Waals surface area contributed by atoms with Crippen LogP contribution in [0.25, 0.3) is 0 Å². The minimum absolute atomic E-state index is 0.00671. The van der Waals surface area contributed by atoms with Crippen molar-refractivity contribution >= 4 is 5.91 Å². The van der Waals surface area contributed by atoms with Gasteiger partial charge in [-0.2, -0.15) is 10.4 Å². The van der Waals surface area contributed by atoms with E-state index in [0.29, 0.717) is 0 Å². The smallest absolute Gasteiger partial charge is 0.237 e. The van der Waals surface area contributed by atoms with Gasteiger partial charge in [-0.05, 0) is 23.7 Å². The molecule has 8 heteroatoms. The van der Waals surface area contributed by atoms with Crippen LogP contribution in [0, 0.1) is 22.2 Å². The second-order valence-electron chi connectivity index (χ2n) is 8.83. The fourth-order valence-corrected chi connectivity index (χ4v) is 4.84. The normalized spacial score (nSPS) is 34.3. The number of amides is 1. The fraction of sp³-hybridized carbons (Fsp3) is 0.700. The van der Waals surface area contributed by atoms with Crippen LogP contribution in [0.4, 0.5) is 4.39 Å². The van der Waals surface area contributed by atoms with Crippen molar-refractivity contribution in [2.45, 2.75) is 64.3 Å². The predicted octanol–water partition coefficient (Wildman–Crippen LogP) is 2.08. The molecule has 152 valence electrons. The van der Waals surface area contributed by atoms with Crippen molar-refractivity contribution in [2.24, 2.45) is 10.8 Å². The van der Waals surface area contributed by atoms with Crippen LogP contribution in [0.5, 0.6) is 0 Å². The first-order valence-electron chi connectivity index (χ1n) is 9.72. The molecule has 2 aliphatic rings. The van der Waals surface area contributed by atoms with Crippen LogP contribution in [0.2, 0.25) is 0 Å². The zero-order chi connectivity index (χ0) is 20.6. The SMILES string of the molecule is C=C[C@@]1(NCC(=O)N2C[C@@H](F)C[C@H]2C#N)CC[C@](C)(Cn2cncn2)C1(C)C. The Morgan fingerprint density at radius 1 is 1.46 bits per heavy atom. The maximum absolute atomic E-state index is 13.7. The average Bonchev–Trinajstić information content (AvgIpc) is 3.34. The predicted molar refractivity (Wildman–Crippen MR) is 103 cm³/mol. The van der Waals surface area contributed by atoms with Crippen LogP contribution < -0.4 is 5.32 Å². The molecule has 0 unspecified atom stereocenters. The van der Waals surface area contributed by atoms with Crippen molar-refractivity contribution in [1.82, 2.24) is 25.0 Å². The van der Waals surface area contributed by atoms with Crippen molar-refractivity contribution in [3.05, 3.63) is 25.3 Å². The highest BCUT2D eigenvalue weighted by Gasteiger charge is 2.59. The van der Waals surface area contributed by atoms with Crippen molar-refractivity contribution in [1.29, 1.82) is 5.26 Å². The number of carbonyl (C=O) groups is 1. The van der Waals surface area contributed by atoms with Gasteiger partial charge in [-0.15, -0.1) is 6.58 Å². The third-order valence-corrected chi connectivity index (χ3v) is 7.30. The largest absolute Gasteiger partial charge is 0.323 e. The molecule has 1 aliphatic carbocycles. The van der Waals surface area contributed by atoms with Gasteiger partial charge in [0.05, 0.1) is 19.2 Å². The first kappa shape index (κ1) is 20.5. The van der Waals surface area contributed by atoms with Gasteiger partial charge in [0.1, 0.15) is 24.9 Å². The Morgan fingerprint density at radius 3 is 2.82 bits per heavy atom. The molecule has 1 saturated heterocycles. The third kappa shape index (κ3) is 3.22. The molecule has 1 aromatic rings. The highest BCUT2D eigenvalue weighted by molar-refractivity contribution is 5.79. The Hall–Kier alpha value is -2.27. The average molecular weight is 388 g/mol. The van der Waals surface area contributed by atoms with Gasteiger partial charge >= 0.3 is 0 Å². The summed E-state index contributed by atoms with van der Waals surface area (Å²) in [6, 6.07) is 1.35. The summed E-state index contributed by atoms with van der Waals surface area (Å²) in [5.41, 5.74) is -0.761. The lowest BCUT2D eigenvalue weighted by atomic mass is 9.62. The van der Waals surface area contributed by atoms with E-state index in [1.807, 2.05) is 16.8 Å². The first-order chi connectivity index (χ1) is 13.2. The van der Waals surface area contributed by atoms with E-state index >= 15 is 0 Å². The van der Waals surface area contributed by atoms with E-state index in [4.69, 9.17) is 0 Å². The highest BCUT2D eigenvalue weighted by Crippen LogP contribution is 2.59. The van der Waals surface area contributed by atoms with Crippen LogP contribution in [0.1, 0.15) is 40.0 Å². The Labute approximate surface area is 165 Å². The van der Waals surface area contributed by atoms with Crippen molar-refractivity contribution in [3.63, 3.8) is 0 Å².